The molecule has 2 aromatic carbocycles. The van der Waals surface area contributed by atoms with Crippen molar-refractivity contribution in [2.45, 2.75) is 31.6 Å². The van der Waals surface area contributed by atoms with Crippen molar-refractivity contribution in [1.29, 1.82) is 0 Å². The van der Waals surface area contributed by atoms with Gasteiger partial charge in [0.15, 0.2) is 11.5 Å². The van der Waals surface area contributed by atoms with E-state index in [0.29, 0.717) is 56.7 Å². The van der Waals surface area contributed by atoms with Gasteiger partial charge in [-0.25, -0.2) is 8.42 Å². The number of ether oxygens (including phenoxy) is 3. The maximum Gasteiger partial charge on any atom is 0.255 e. The molecule has 0 radical (unpaired) electrons. The number of hydrogen-bond acceptors (Lipinski definition) is 6. The van der Waals surface area contributed by atoms with Crippen LogP contribution in [0.2, 0.25) is 0 Å². The van der Waals surface area contributed by atoms with E-state index in [0.717, 1.165) is 12.8 Å². The van der Waals surface area contributed by atoms with E-state index < -0.39 is 15.9 Å². The standard InChI is InChI=1S/C23H30N2O6S/c1-3-12-30-21-9-8-19(17-22(21)31-13-4-2)24-23(26)18-6-5-7-20(16-18)32(27,28)25-10-14-29-15-11-25/h5-9,16-17H,3-4,10-15H2,1-2H3,(H,24,26). The maximum atomic E-state index is 12.9. The van der Waals surface area contributed by atoms with Crippen LogP contribution in [0.4, 0.5) is 5.69 Å². The van der Waals surface area contributed by atoms with Gasteiger partial charge in [0.1, 0.15) is 0 Å². The first-order valence-electron chi connectivity index (χ1n) is 10.8. The number of rotatable bonds is 10. The van der Waals surface area contributed by atoms with Gasteiger partial charge in [0.25, 0.3) is 5.91 Å². The third-order valence-electron chi connectivity index (χ3n) is 4.83. The minimum Gasteiger partial charge on any atom is -0.490 e. The third-order valence-corrected chi connectivity index (χ3v) is 6.72. The lowest BCUT2D eigenvalue weighted by Crippen LogP contribution is -2.40. The Morgan fingerprint density at radius 3 is 2.38 bits per heavy atom. The molecular weight excluding hydrogens is 432 g/mol. The van der Waals surface area contributed by atoms with Gasteiger partial charge in [-0.3, -0.25) is 4.79 Å². The van der Waals surface area contributed by atoms with Crippen LogP contribution in [-0.4, -0.2) is 58.1 Å². The predicted octanol–water partition coefficient (Wildman–Crippen LogP) is 3.54. The van der Waals surface area contributed by atoms with Crippen molar-refractivity contribution in [3.8, 4) is 11.5 Å². The molecule has 0 unspecified atom stereocenters. The maximum absolute atomic E-state index is 12.9. The molecule has 1 aliphatic heterocycles. The zero-order valence-corrected chi connectivity index (χ0v) is 19.3. The molecule has 2 aromatic rings. The molecule has 0 aromatic heterocycles. The van der Waals surface area contributed by atoms with E-state index in [1.165, 1.54) is 16.4 Å². The number of morpholine rings is 1. The Balaban J connectivity index is 1.77. The van der Waals surface area contributed by atoms with E-state index in [1.807, 2.05) is 13.8 Å². The molecule has 9 heteroatoms. The number of carbonyl (C=O) groups is 1. The molecule has 1 N–H and O–H groups in total. The summed E-state index contributed by atoms with van der Waals surface area (Å²) in [5.74, 6) is 0.770. The molecule has 0 atom stereocenters. The van der Waals surface area contributed by atoms with Crippen molar-refractivity contribution in [3.63, 3.8) is 0 Å². The zero-order valence-electron chi connectivity index (χ0n) is 18.5. The number of nitrogens with one attached hydrogen (secondary N) is 1. The smallest absolute Gasteiger partial charge is 0.255 e. The van der Waals surface area contributed by atoms with Gasteiger partial charge in [0.2, 0.25) is 10.0 Å². The van der Waals surface area contributed by atoms with E-state index in [4.69, 9.17) is 14.2 Å². The van der Waals surface area contributed by atoms with Gasteiger partial charge >= 0.3 is 0 Å². The third kappa shape index (κ3) is 5.99. The van der Waals surface area contributed by atoms with Crippen LogP contribution >= 0.6 is 0 Å². The second-order valence-corrected chi connectivity index (χ2v) is 9.29. The van der Waals surface area contributed by atoms with Gasteiger partial charge in [0.05, 0.1) is 31.3 Å². The number of benzene rings is 2. The first-order valence-corrected chi connectivity index (χ1v) is 12.3. The van der Waals surface area contributed by atoms with Gasteiger partial charge in [0, 0.05) is 30.4 Å². The van der Waals surface area contributed by atoms with Crippen LogP contribution in [0.3, 0.4) is 0 Å². The molecule has 174 valence electrons. The number of sulfonamides is 1. The average Bonchev–Trinajstić information content (AvgIpc) is 2.82. The highest BCUT2D eigenvalue weighted by molar-refractivity contribution is 7.89. The van der Waals surface area contributed by atoms with Crippen molar-refractivity contribution < 1.29 is 27.4 Å². The lowest BCUT2D eigenvalue weighted by molar-refractivity contribution is 0.0730. The Hall–Kier alpha value is -2.62. The van der Waals surface area contributed by atoms with E-state index in [1.54, 1.807) is 30.3 Å². The van der Waals surface area contributed by atoms with E-state index >= 15 is 0 Å². The first kappa shape index (κ1) is 24.0. The van der Waals surface area contributed by atoms with Gasteiger partial charge in [-0.1, -0.05) is 19.9 Å². The fourth-order valence-corrected chi connectivity index (χ4v) is 4.63. The molecule has 1 saturated heterocycles. The summed E-state index contributed by atoms with van der Waals surface area (Å²) in [6, 6.07) is 11.3. The van der Waals surface area contributed by atoms with Gasteiger partial charge < -0.3 is 19.5 Å². The number of hydrogen-bond donors (Lipinski definition) is 1. The van der Waals surface area contributed by atoms with Crippen LogP contribution < -0.4 is 14.8 Å². The quantitative estimate of drug-likeness (QED) is 0.580. The molecule has 0 bridgehead atoms. The normalized spacial score (nSPS) is 14.7. The van der Waals surface area contributed by atoms with Crippen molar-refractivity contribution >= 4 is 21.6 Å². The average molecular weight is 463 g/mol. The lowest BCUT2D eigenvalue weighted by Gasteiger charge is -2.26. The van der Waals surface area contributed by atoms with E-state index in [9.17, 15) is 13.2 Å². The van der Waals surface area contributed by atoms with Crippen LogP contribution in [0.15, 0.2) is 47.4 Å². The molecule has 3 rings (SSSR count). The second kappa shape index (κ2) is 11.3. The van der Waals surface area contributed by atoms with Crippen molar-refractivity contribution in [2.24, 2.45) is 0 Å². The largest absolute Gasteiger partial charge is 0.490 e. The van der Waals surface area contributed by atoms with Crippen LogP contribution in [0.5, 0.6) is 11.5 Å². The Kier molecular flexibility index (Phi) is 8.49. The highest BCUT2D eigenvalue weighted by Gasteiger charge is 2.27. The van der Waals surface area contributed by atoms with Crippen molar-refractivity contribution in [3.05, 3.63) is 48.0 Å². The fraction of sp³-hybridized carbons (Fsp3) is 0.435. The Bertz CT molecular complexity index is 1020. The SMILES string of the molecule is CCCOc1ccc(NC(=O)c2cccc(S(=O)(=O)N3CCOCC3)c2)cc1OCCC. The summed E-state index contributed by atoms with van der Waals surface area (Å²) in [6.07, 6.45) is 1.71. The van der Waals surface area contributed by atoms with E-state index in [2.05, 4.69) is 5.32 Å². The van der Waals surface area contributed by atoms with Crippen LogP contribution in [0.1, 0.15) is 37.0 Å². The molecule has 1 heterocycles. The summed E-state index contributed by atoms with van der Waals surface area (Å²) in [7, 11) is -3.69. The highest BCUT2D eigenvalue weighted by Crippen LogP contribution is 2.31. The first-order chi connectivity index (χ1) is 15.5. The summed E-state index contributed by atoms with van der Waals surface area (Å²) >= 11 is 0. The molecule has 0 spiro atoms. The molecule has 1 amide bonds. The van der Waals surface area contributed by atoms with Crippen LogP contribution in [0, 0.1) is 0 Å². The summed E-state index contributed by atoms with van der Waals surface area (Å²) < 4.78 is 43.9. The number of amides is 1. The molecule has 0 aliphatic carbocycles. The van der Waals surface area contributed by atoms with Crippen LogP contribution in [-0.2, 0) is 14.8 Å². The lowest BCUT2D eigenvalue weighted by atomic mass is 10.2. The fourth-order valence-electron chi connectivity index (χ4n) is 3.18. The van der Waals surface area contributed by atoms with Gasteiger partial charge in [-0.15, -0.1) is 0 Å². The minimum absolute atomic E-state index is 0.0855. The molecule has 8 nitrogen and oxygen atoms in total. The summed E-state index contributed by atoms with van der Waals surface area (Å²) in [6.45, 7) is 6.45. The van der Waals surface area contributed by atoms with Crippen molar-refractivity contribution in [1.82, 2.24) is 4.31 Å². The molecule has 1 fully saturated rings. The molecule has 0 saturated carbocycles. The second-order valence-electron chi connectivity index (χ2n) is 7.36. The number of carbonyl (C=O) groups excluding carboxylic acids is 1. The van der Waals surface area contributed by atoms with Crippen molar-refractivity contribution in [2.75, 3.05) is 44.8 Å². The zero-order chi connectivity index (χ0) is 23.0. The minimum atomic E-state index is -3.69. The van der Waals surface area contributed by atoms with E-state index in [-0.39, 0.29) is 10.5 Å². The number of anilines is 1. The monoisotopic (exact) mass is 462 g/mol. The molecule has 1 aliphatic rings. The number of nitrogens with zero attached hydrogens (tertiary/aromatic N) is 1. The van der Waals surface area contributed by atoms with Gasteiger partial charge in [-0.05, 0) is 43.2 Å². The Morgan fingerprint density at radius 1 is 1.00 bits per heavy atom. The molecule has 32 heavy (non-hydrogen) atoms. The van der Waals surface area contributed by atoms with Crippen LogP contribution in [0.25, 0.3) is 0 Å². The summed E-state index contributed by atoms with van der Waals surface area (Å²) in [4.78, 5) is 12.9. The summed E-state index contributed by atoms with van der Waals surface area (Å²) in [5.41, 5.74) is 0.785. The Morgan fingerprint density at radius 2 is 1.69 bits per heavy atom. The summed E-state index contributed by atoms with van der Waals surface area (Å²) in [5, 5.41) is 2.81. The molecular formula is C23H30N2O6S. The van der Waals surface area contributed by atoms with Gasteiger partial charge in [-0.2, -0.15) is 4.31 Å². The topological polar surface area (TPSA) is 94.2 Å². The predicted molar refractivity (Wildman–Crippen MR) is 122 cm³/mol. The highest BCUT2D eigenvalue weighted by atomic mass is 32.2. The Labute approximate surface area is 189 Å².